The third kappa shape index (κ3) is 3.69. The van der Waals surface area contributed by atoms with E-state index in [1.807, 2.05) is 0 Å². The van der Waals surface area contributed by atoms with Crippen molar-refractivity contribution < 1.29 is 9.57 Å². The topological polar surface area (TPSA) is 42.9 Å². The number of hydrogen-bond acceptors (Lipinski definition) is 4. The lowest BCUT2D eigenvalue weighted by Gasteiger charge is -2.13. The maximum Gasteiger partial charge on any atom is 0.140 e. The Hall–Kier alpha value is -0.610. The van der Waals surface area contributed by atoms with Crippen molar-refractivity contribution in [1.29, 1.82) is 0 Å². The Bertz CT molecular complexity index is 140. The first-order valence-electron chi connectivity index (χ1n) is 4.31. The molecule has 4 heteroatoms. The molecule has 1 N–H and O–H groups in total. The highest BCUT2D eigenvalue weighted by Crippen LogP contribution is 1.98. The summed E-state index contributed by atoms with van der Waals surface area (Å²) in [6, 6.07) is 0. The van der Waals surface area contributed by atoms with Gasteiger partial charge < -0.3 is 14.9 Å². The first kappa shape index (κ1) is 9.48. The molecule has 12 heavy (non-hydrogen) atoms. The van der Waals surface area contributed by atoms with Crippen LogP contribution in [0, 0.1) is 0 Å². The molecule has 0 unspecified atom stereocenters. The highest BCUT2D eigenvalue weighted by atomic mass is 16.6. The minimum Gasteiger partial charge on any atom is -0.393 e. The monoisotopic (exact) mass is 172 g/mol. The average molecular weight is 172 g/mol. The summed E-state index contributed by atoms with van der Waals surface area (Å²) in [5.41, 5.74) is 1.16. The van der Waals surface area contributed by atoms with E-state index >= 15 is 0 Å². The largest absolute Gasteiger partial charge is 0.393 e. The Morgan fingerprint density at radius 3 is 2.75 bits per heavy atom. The fourth-order valence-corrected chi connectivity index (χ4v) is 1.06. The van der Waals surface area contributed by atoms with Crippen molar-refractivity contribution in [1.82, 2.24) is 5.32 Å². The van der Waals surface area contributed by atoms with Crippen molar-refractivity contribution in [2.75, 3.05) is 33.4 Å². The lowest BCUT2D eigenvalue weighted by Crippen LogP contribution is -2.28. The molecule has 1 aliphatic rings. The summed E-state index contributed by atoms with van der Waals surface area (Å²) < 4.78 is 4.82. The standard InChI is InChI=1S/C8H16N2O2/c1-11-6-7-12-10-8-2-4-9-5-3-8/h9H,2-7H2,1H3. The van der Waals surface area contributed by atoms with Gasteiger partial charge in [-0.05, 0) is 0 Å². The van der Waals surface area contributed by atoms with E-state index in [0.717, 1.165) is 31.6 Å². The molecule has 0 amide bonds. The van der Waals surface area contributed by atoms with Gasteiger partial charge in [0.15, 0.2) is 0 Å². The zero-order valence-electron chi connectivity index (χ0n) is 7.51. The fraction of sp³-hybridized carbons (Fsp3) is 0.875. The molecule has 0 radical (unpaired) electrons. The molecule has 0 aromatic carbocycles. The van der Waals surface area contributed by atoms with Crippen LogP contribution in [0.2, 0.25) is 0 Å². The molecule has 1 saturated heterocycles. The summed E-state index contributed by atoms with van der Waals surface area (Å²) in [4.78, 5) is 5.05. The summed E-state index contributed by atoms with van der Waals surface area (Å²) in [5, 5.41) is 7.27. The number of methoxy groups -OCH3 is 1. The van der Waals surface area contributed by atoms with E-state index in [2.05, 4.69) is 10.5 Å². The van der Waals surface area contributed by atoms with Crippen molar-refractivity contribution in [3.05, 3.63) is 0 Å². The average Bonchev–Trinajstić information content (AvgIpc) is 2.14. The molecular weight excluding hydrogens is 156 g/mol. The Labute approximate surface area is 72.9 Å². The van der Waals surface area contributed by atoms with E-state index in [0.29, 0.717) is 13.2 Å². The quantitative estimate of drug-likeness (QED) is 0.492. The van der Waals surface area contributed by atoms with Gasteiger partial charge in [-0.15, -0.1) is 0 Å². The minimum absolute atomic E-state index is 0.549. The molecule has 0 bridgehead atoms. The van der Waals surface area contributed by atoms with E-state index in [9.17, 15) is 0 Å². The third-order valence-electron chi connectivity index (χ3n) is 1.75. The van der Waals surface area contributed by atoms with Crippen molar-refractivity contribution >= 4 is 5.71 Å². The smallest absolute Gasteiger partial charge is 0.140 e. The number of rotatable bonds is 4. The number of nitrogens with zero attached hydrogens (tertiary/aromatic N) is 1. The van der Waals surface area contributed by atoms with Gasteiger partial charge in [0.05, 0.1) is 12.3 Å². The van der Waals surface area contributed by atoms with Crippen LogP contribution in [0.4, 0.5) is 0 Å². The summed E-state index contributed by atoms with van der Waals surface area (Å²) in [7, 11) is 1.65. The number of nitrogens with one attached hydrogen (secondary N) is 1. The SMILES string of the molecule is COCCON=C1CCNCC1. The molecule has 1 fully saturated rings. The molecule has 1 heterocycles. The second-order valence-corrected chi connectivity index (χ2v) is 2.73. The van der Waals surface area contributed by atoms with Gasteiger partial charge in [-0.25, -0.2) is 0 Å². The van der Waals surface area contributed by atoms with Crippen LogP contribution in [0.15, 0.2) is 5.16 Å². The van der Waals surface area contributed by atoms with Crippen LogP contribution in [0.3, 0.4) is 0 Å². The summed E-state index contributed by atoms with van der Waals surface area (Å²) >= 11 is 0. The summed E-state index contributed by atoms with van der Waals surface area (Å²) in [5.74, 6) is 0. The number of ether oxygens (including phenoxy) is 1. The summed E-state index contributed by atoms with van der Waals surface area (Å²) in [6.07, 6.45) is 2.01. The van der Waals surface area contributed by atoms with Gasteiger partial charge in [0.25, 0.3) is 0 Å². The molecule has 1 rings (SSSR count). The summed E-state index contributed by atoms with van der Waals surface area (Å²) in [6.45, 7) is 3.20. The van der Waals surface area contributed by atoms with Crippen molar-refractivity contribution in [3.63, 3.8) is 0 Å². The third-order valence-corrected chi connectivity index (χ3v) is 1.75. The Kier molecular flexibility index (Phi) is 4.71. The van der Waals surface area contributed by atoms with Gasteiger partial charge >= 0.3 is 0 Å². The van der Waals surface area contributed by atoms with Gasteiger partial charge in [-0.3, -0.25) is 0 Å². The number of hydrogen-bond donors (Lipinski definition) is 1. The van der Waals surface area contributed by atoms with Gasteiger partial charge in [0, 0.05) is 33.0 Å². The molecule has 4 nitrogen and oxygen atoms in total. The van der Waals surface area contributed by atoms with Crippen LogP contribution < -0.4 is 5.32 Å². The van der Waals surface area contributed by atoms with Gasteiger partial charge in [0.2, 0.25) is 0 Å². The van der Waals surface area contributed by atoms with Crippen LogP contribution in [0.25, 0.3) is 0 Å². The molecule has 0 atom stereocenters. The van der Waals surface area contributed by atoms with E-state index in [-0.39, 0.29) is 0 Å². The van der Waals surface area contributed by atoms with Gasteiger partial charge in [0.1, 0.15) is 6.61 Å². The van der Waals surface area contributed by atoms with E-state index < -0.39 is 0 Å². The second-order valence-electron chi connectivity index (χ2n) is 2.73. The van der Waals surface area contributed by atoms with Crippen LogP contribution in [0.5, 0.6) is 0 Å². The lowest BCUT2D eigenvalue weighted by molar-refractivity contribution is 0.0743. The van der Waals surface area contributed by atoms with Crippen LogP contribution >= 0.6 is 0 Å². The van der Waals surface area contributed by atoms with Crippen molar-refractivity contribution in [2.24, 2.45) is 5.16 Å². The van der Waals surface area contributed by atoms with Crippen LogP contribution in [-0.2, 0) is 9.57 Å². The zero-order valence-corrected chi connectivity index (χ0v) is 7.51. The predicted octanol–water partition coefficient (Wildman–Crippen LogP) is 0.389. The van der Waals surface area contributed by atoms with Crippen LogP contribution in [-0.4, -0.2) is 39.1 Å². The highest BCUT2D eigenvalue weighted by molar-refractivity contribution is 5.84. The minimum atomic E-state index is 0.549. The maximum atomic E-state index is 5.05. The molecule has 0 aromatic rings. The molecule has 1 aliphatic heterocycles. The van der Waals surface area contributed by atoms with Gasteiger partial charge in [-0.1, -0.05) is 5.16 Å². The van der Waals surface area contributed by atoms with Gasteiger partial charge in [-0.2, -0.15) is 0 Å². The number of oxime groups is 1. The lowest BCUT2D eigenvalue weighted by atomic mass is 10.1. The molecule has 0 aliphatic carbocycles. The predicted molar refractivity (Wildman–Crippen MR) is 47.4 cm³/mol. The molecular formula is C8H16N2O2. The Morgan fingerprint density at radius 2 is 2.08 bits per heavy atom. The normalized spacial score (nSPS) is 17.6. The zero-order chi connectivity index (χ0) is 8.65. The van der Waals surface area contributed by atoms with Crippen molar-refractivity contribution in [2.45, 2.75) is 12.8 Å². The van der Waals surface area contributed by atoms with E-state index in [1.165, 1.54) is 0 Å². The molecule has 0 saturated carbocycles. The maximum absolute atomic E-state index is 5.05. The fourth-order valence-electron chi connectivity index (χ4n) is 1.06. The van der Waals surface area contributed by atoms with Crippen LogP contribution in [0.1, 0.15) is 12.8 Å². The Morgan fingerprint density at radius 1 is 1.33 bits per heavy atom. The highest BCUT2D eigenvalue weighted by Gasteiger charge is 2.05. The second kappa shape index (κ2) is 5.97. The first-order chi connectivity index (χ1) is 5.93. The molecule has 0 aromatic heterocycles. The number of piperidine rings is 1. The molecule has 0 spiro atoms. The Balaban J connectivity index is 2.08. The van der Waals surface area contributed by atoms with E-state index in [1.54, 1.807) is 7.11 Å². The van der Waals surface area contributed by atoms with E-state index in [4.69, 9.17) is 9.57 Å². The first-order valence-corrected chi connectivity index (χ1v) is 4.31. The van der Waals surface area contributed by atoms with Crippen molar-refractivity contribution in [3.8, 4) is 0 Å². The molecule has 70 valence electrons.